The molecule has 2 amide bonds. The maximum atomic E-state index is 12.7. The summed E-state index contributed by atoms with van der Waals surface area (Å²) in [4.78, 5) is 26.8. The first-order chi connectivity index (χ1) is 14.5. The molecular weight excluding hydrogens is 404 g/mol. The summed E-state index contributed by atoms with van der Waals surface area (Å²) in [5.74, 6) is -0.129. The van der Waals surface area contributed by atoms with E-state index in [-0.39, 0.29) is 30.9 Å². The highest BCUT2D eigenvalue weighted by Crippen LogP contribution is 2.21. The van der Waals surface area contributed by atoms with Crippen molar-refractivity contribution in [2.75, 3.05) is 36.9 Å². The summed E-state index contributed by atoms with van der Waals surface area (Å²) in [6.07, 6.45) is 1.60. The Balaban J connectivity index is 1.58. The number of nitrogens with zero attached hydrogens (tertiary/aromatic N) is 2. The molecule has 0 aliphatic carbocycles. The number of rotatable bonds is 6. The lowest BCUT2D eigenvalue weighted by atomic mass is 9.97. The molecule has 0 saturated carbocycles. The van der Waals surface area contributed by atoms with Crippen LogP contribution in [0.25, 0.3) is 0 Å². The fourth-order valence-electron chi connectivity index (χ4n) is 3.36. The van der Waals surface area contributed by atoms with E-state index in [1.54, 1.807) is 41.3 Å². The maximum Gasteiger partial charge on any atom is 0.253 e. The first-order valence-electron chi connectivity index (χ1n) is 9.73. The van der Waals surface area contributed by atoms with Crippen molar-refractivity contribution in [2.24, 2.45) is 5.92 Å². The van der Waals surface area contributed by atoms with Crippen molar-refractivity contribution >= 4 is 34.8 Å². The Hall–Kier alpha value is -3.08. The smallest absolute Gasteiger partial charge is 0.253 e. The lowest BCUT2D eigenvalue weighted by molar-refractivity contribution is -0.114. The van der Waals surface area contributed by atoms with Gasteiger partial charge in [-0.2, -0.15) is 5.26 Å². The zero-order valence-electron chi connectivity index (χ0n) is 16.4. The fourth-order valence-corrected chi connectivity index (χ4v) is 3.53. The summed E-state index contributed by atoms with van der Waals surface area (Å²) in [5, 5.41) is 24.5. The second-order valence-electron chi connectivity index (χ2n) is 7.20. The Morgan fingerprint density at radius 2 is 1.97 bits per heavy atom. The zero-order valence-corrected chi connectivity index (χ0v) is 17.2. The summed E-state index contributed by atoms with van der Waals surface area (Å²) in [6.45, 7) is 1.39. The number of likely N-dealkylation sites (tertiary alicyclic amines) is 1. The van der Waals surface area contributed by atoms with E-state index < -0.39 is 0 Å². The van der Waals surface area contributed by atoms with E-state index >= 15 is 0 Å². The molecule has 0 spiro atoms. The van der Waals surface area contributed by atoms with Crippen molar-refractivity contribution in [3.8, 4) is 6.07 Å². The van der Waals surface area contributed by atoms with Crippen molar-refractivity contribution in [2.45, 2.75) is 12.8 Å². The minimum absolute atomic E-state index is 0.0308. The van der Waals surface area contributed by atoms with E-state index in [2.05, 4.69) is 10.6 Å². The number of hydrogen-bond acceptors (Lipinski definition) is 5. The van der Waals surface area contributed by atoms with Crippen LogP contribution in [0.2, 0.25) is 5.02 Å². The molecule has 0 bridgehead atoms. The summed E-state index contributed by atoms with van der Waals surface area (Å²) in [5.41, 5.74) is 1.87. The quantitative estimate of drug-likeness (QED) is 0.658. The number of halogens is 1. The predicted octanol–water partition coefficient (Wildman–Crippen LogP) is 3.11. The van der Waals surface area contributed by atoms with Crippen LogP contribution in [-0.4, -0.2) is 48.1 Å². The van der Waals surface area contributed by atoms with Crippen molar-refractivity contribution in [1.29, 1.82) is 5.26 Å². The van der Waals surface area contributed by atoms with E-state index in [1.807, 2.05) is 6.07 Å². The number of aliphatic hydroxyl groups excluding tert-OH is 1. The minimum Gasteiger partial charge on any atom is -0.396 e. The average Bonchev–Trinajstić information content (AvgIpc) is 2.77. The Kier molecular flexibility index (Phi) is 7.28. The van der Waals surface area contributed by atoms with E-state index in [0.29, 0.717) is 40.6 Å². The highest BCUT2D eigenvalue weighted by molar-refractivity contribution is 6.31. The molecule has 3 rings (SSSR count). The highest BCUT2D eigenvalue weighted by Gasteiger charge is 2.23. The molecular formula is C22H23ClN4O3. The average molecular weight is 427 g/mol. The first kappa shape index (κ1) is 21.6. The Morgan fingerprint density at radius 1 is 1.20 bits per heavy atom. The second kappa shape index (κ2) is 10.1. The molecule has 156 valence electrons. The molecule has 3 N–H and O–H groups in total. The molecule has 1 saturated heterocycles. The SMILES string of the molecule is N#Cc1ccc(Cl)cc1NC(=O)CNc1cccc(C(=O)N2CCC(CO)CC2)c1. The third-order valence-electron chi connectivity index (χ3n) is 5.10. The van der Waals surface area contributed by atoms with E-state index in [4.69, 9.17) is 16.9 Å². The van der Waals surface area contributed by atoms with Crippen molar-refractivity contribution < 1.29 is 14.7 Å². The molecule has 7 nitrogen and oxygen atoms in total. The lowest BCUT2D eigenvalue weighted by Gasteiger charge is -2.31. The molecule has 0 radical (unpaired) electrons. The van der Waals surface area contributed by atoms with Crippen LogP contribution in [-0.2, 0) is 4.79 Å². The third kappa shape index (κ3) is 5.50. The van der Waals surface area contributed by atoms with E-state index in [0.717, 1.165) is 12.8 Å². The summed E-state index contributed by atoms with van der Waals surface area (Å²) < 4.78 is 0. The molecule has 1 aliphatic rings. The van der Waals surface area contributed by atoms with Crippen LogP contribution >= 0.6 is 11.6 Å². The molecule has 30 heavy (non-hydrogen) atoms. The summed E-state index contributed by atoms with van der Waals surface area (Å²) in [6, 6.07) is 13.7. The van der Waals surface area contributed by atoms with Gasteiger partial charge < -0.3 is 20.6 Å². The van der Waals surface area contributed by atoms with Crippen LogP contribution in [0.3, 0.4) is 0 Å². The zero-order chi connectivity index (χ0) is 21.5. The molecule has 2 aromatic rings. The minimum atomic E-state index is -0.337. The monoisotopic (exact) mass is 426 g/mol. The van der Waals surface area contributed by atoms with Gasteiger partial charge in [-0.15, -0.1) is 0 Å². The Labute approximate surface area is 180 Å². The normalized spacial score (nSPS) is 14.1. The number of carbonyl (C=O) groups excluding carboxylic acids is 2. The molecule has 0 atom stereocenters. The van der Waals surface area contributed by atoms with Gasteiger partial charge in [0, 0.05) is 36.0 Å². The van der Waals surface area contributed by atoms with Crippen LogP contribution in [0.5, 0.6) is 0 Å². The van der Waals surface area contributed by atoms with Gasteiger partial charge in [-0.3, -0.25) is 9.59 Å². The van der Waals surface area contributed by atoms with Crippen LogP contribution in [0.4, 0.5) is 11.4 Å². The molecule has 1 fully saturated rings. The number of nitriles is 1. The number of piperidine rings is 1. The molecule has 8 heteroatoms. The van der Waals surface area contributed by atoms with Gasteiger partial charge in [-0.1, -0.05) is 17.7 Å². The van der Waals surface area contributed by atoms with Crippen molar-refractivity contribution in [3.05, 3.63) is 58.6 Å². The van der Waals surface area contributed by atoms with E-state index in [9.17, 15) is 14.7 Å². The number of nitrogens with one attached hydrogen (secondary N) is 2. The van der Waals surface area contributed by atoms with Crippen LogP contribution in [0.1, 0.15) is 28.8 Å². The summed E-state index contributed by atoms with van der Waals surface area (Å²) in [7, 11) is 0. The highest BCUT2D eigenvalue weighted by atomic mass is 35.5. The van der Waals surface area contributed by atoms with Crippen LogP contribution in [0, 0.1) is 17.2 Å². The van der Waals surface area contributed by atoms with Crippen molar-refractivity contribution in [3.63, 3.8) is 0 Å². The van der Waals surface area contributed by atoms with Gasteiger partial charge in [0.15, 0.2) is 0 Å². The van der Waals surface area contributed by atoms with Gasteiger partial charge in [0.1, 0.15) is 6.07 Å². The molecule has 1 heterocycles. The van der Waals surface area contributed by atoms with Gasteiger partial charge in [-0.25, -0.2) is 0 Å². The number of amides is 2. The summed E-state index contributed by atoms with van der Waals surface area (Å²) >= 11 is 5.93. The fraction of sp³-hybridized carbons (Fsp3) is 0.318. The van der Waals surface area contributed by atoms with Crippen molar-refractivity contribution in [1.82, 2.24) is 4.90 Å². The number of carbonyl (C=O) groups is 2. The van der Waals surface area contributed by atoms with Gasteiger partial charge >= 0.3 is 0 Å². The molecule has 0 unspecified atom stereocenters. The largest absolute Gasteiger partial charge is 0.396 e. The number of anilines is 2. The van der Waals surface area contributed by atoms with E-state index in [1.165, 1.54) is 6.07 Å². The van der Waals surface area contributed by atoms with Crippen LogP contribution < -0.4 is 10.6 Å². The van der Waals surface area contributed by atoms with Gasteiger partial charge in [0.25, 0.3) is 5.91 Å². The maximum absolute atomic E-state index is 12.7. The predicted molar refractivity (Wildman–Crippen MR) is 115 cm³/mol. The number of benzene rings is 2. The number of aliphatic hydroxyl groups is 1. The Morgan fingerprint density at radius 3 is 2.67 bits per heavy atom. The molecule has 2 aromatic carbocycles. The molecule has 1 aliphatic heterocycles. The van der Waals surface area contributed by atoms with Gasteiger partial charge in [0.05, 0.1) is 17.8 Å². The third-order valence-corrected chi connectivity index (χ3v) is 5.33. The van der Waals surface area contributed by atoms with Gasteiger partial charge in [0.2, 0.25) is 5.91 Å². The van der Waals surface area contributed by atoms with Crippen LogP contribution in [0.15, 0.2) is 42.5 Å². The first-order valence-corrected chi connectivity index (χ1v) is 10.1. The topological polar surface area (TPSA) is 105 Å². The Bertz CT molecular complexity index is 965. The molecule has 0 aromatic heterocycles. The number of hydrogen-bond donors (Lipinski definition) is 3. The second-order valence-corrected chi connectivity index (χ2v) is 7.64. The lowest BCUT2D eigenvalue weighted by Crippen LogP contribution is -2.39. The van der Waals surface area contributed by atoms with Gasteiger partial charge in [-0.05, 0) is 55.2 Å². The standard InChI is InChI=1S/C22H23ClN4O3/c23-18-5-4-17(12-24)20(11-18)26-21(29)13-25-19-3-1-2-16(10-19)22(30)27-8-6-15(14-28)7-9-27/h1-5,10-11,15,25,28H,6-9,13-14H2,(H,26,29).